The molecule has 0 radical (unpaired) electrons. The zero-order valence-electron chi connectivity index (χ0n) is 15.7. The first kappa shape index (κ1) is 17.8. The van der Waals surface area contributed by atoms with Crippen molar-refractivity contribution in [1.29, 1.82) is 0 Å². The normalized spacial score (nSPS) is 19.9. The smallest absolute Gasteiger partial charge is 0.134 e. The summed E-state index contributed by atoms with van der Waals surface area (Å²) in [5, 5.41) is 14.5. The monoisotopic (exact) mass is 367 g/mol. The molecule has 1 saturated heterocycles. The van der Waals surface area contributed by atoms with Crippen LogP contribution in [0.15, 0.2) is 47.1 Å². The number of aliphatic hydroxyl groups is 1. The molecule has 0 bridgehead atoms. The van der Waals surface area contributed by atoms with Gasteiger partial charge in [0.05, 0.1) is 12.6 Å². The summed E-state index contributed by atoms with van der Waals surface area (Å²) in [6.07, 6.45) is 1.99. The Morgan fingerprint density at radius 3 is 2.93 bits per heavy atom. The Labute approximate surface area is 158 Å². The fourth-order valence-electron chi connectivity index (χ4n) is 3.67. The van der Waals surface area contributed by atoms with Gasteiger partial charge in [0.2, 0.25) is 0 Å². The van der Waals surface area contributed by atoms with E-state index in [0.717, 1.165) is 41.3 Å². The Morgan fingerprint density at radius 1 is 1.26 bits per heavy atom. The number of para-hydroxylation sites is 1. The van der Waals surface area contributed by atoms with Crippen molar-refractivity contribution in [3.8, 4) is 0 Å². The number of likely N-dealkylation sites (N-methyl/N-ethyl adjacent to an activating group) is 1. The minimum Gasteiger partial charge on any atom is -0.459 e. The molecule has 0 amide bonds. The first-order chi connectivity index (χ1) is 13.1. The number of hydrogen-bond acceptors (Lipinski definition) is 7. The van der Waals surface area contributed by atoms with Crippen molar-refractivity contribution in [2.45, 2.75) is 25.1 Å². The molecule has 3 heterocycles. The quantitative estimate of drug-likeness (QED) is 0.692. The molecule has 2 aromatic heterocycles. The molecule has 7 heteroatoms. The van der Waals surface area contributed by atoms with Crippen molar-refractivity contribution in [3.05, 3.63) is 48.5 Å². The van der Waals surface area contributed by atoms with Gasteiger partial charge in [0, 0.05) is 30.6 Å². The van der Waals surface area contributed by atoms with Gasteiger partial charge in [-0.2, -0.15) is 0 Å². The third-order valence-electron chi connectivity index (χ3n) is 4.84. The number of β-amino-alcohol motifs (C(OH)–C–C–N with tert-alkyl or cyclic N) is 1. The number of anilines is 2. The highest BCUT2D eigenvalue weighted by Gasteiger charge is 2.32. The molecule has 27 heavy (non-hydrogen) atoms. The lowest BCUT2D eigenvalue weighted by Gasteiger charge is -2.27. The van der Waals surface area contributed by atoms with Crippen LogP contribution in [0.5, 0.6) is 0 Å². The number of aliphatic hydroxyl groups excluding tert-OH is 1. The molecule has 0 saturated carbocycles. The summed E-state index contributed by atoms with van der Waals surface area (Å²) < 4.78 is 5.84. The van der Waals surface area contributed by atoms with E-state index in [9.17, 15) is 5.11 Å². The number of hydrogen-bond donors (Lipinski definition) is 2. The second-order valence-corrected chi connectivity index (χ2v) is 7.32. The number of rotatable bonds is 6. The maximum absolute atomic E-state index is 10.1. The number of nitrogens with one attached hydrogen (secondary N) is 1. The van der Waals surface area contributed by atoms with Crippen molar-refractivity contribution in [1.82, 2.24) is 14.9 Å². The lowest BCUT2D eigenvalue weighted by molar-refractivity contribution is 0.191. The van der Waals surface area contributed by atoms with Crippen LogP contribution in [0.25, 0.3) is 11.0 Å². The number of furan rings is 1. The lowest BCUT2D eigenvalue weighted by Crippen LogP contribution is -2.38. The van der Waals surface area contributed by atoms with Gasteiger partial charge in [-0.1, -0.05) is 18.2 Å². The molecule has 4 rings (SSSR count). The van der Waals surface area contributed by atoms with Gasteiger partial charge in [0.15, 0.2) is 0 Å². The summed E-state index contributed by atoms with van der Waals surface area (Å²) in [6, 6.07) is 12.2. The summed E-state index contributed by atoms with van der Waals surface area (Å²) in [6.45, 7) is 2.02. The Morgan fingerprint density at radius 2 is 2.11 bits per heavy atom. The van der Waals surface area contributed by atoms with Gasteiger partial charge in [-0.25, -0.2) is 9.97 Å². The van der Waals surface area contributed by atoms with Crippen LogP contribution < -0.4 is 10.2 Å². The van der Waals surface area contributed by atoms with Crippen LogP contribution >= 0.6 is 0 Å². The summed E-state index contributed by atoms with van der Waals surface area (Å²) in [7, 11) is 4.09. The van der Waals surface area contributed by atoms with Gasteiger partial charge in [-0.3, -0.25) is 0 Å². The van der Waals surface area contributed by atoms with E-state index >= 15 is 0 Å². The van der Waals surface area contributed by atoms with Crippen molar-refractivity contribution in [3.63, 3.8) is 0 Å². The van der Waals surface area contributed by atoms with E-state index in [1.54, 1.807) is 6.33 Å². The summed E-state index contributed by atoms with van der Waals surface area (Å²) >= 11 is 0. The van der Waals surface area contributed by atoms with E-state index in [2.05, 4.69) is 25.1 Å². The molecule has 2 N–H and O–H groups in total. The predicted molar refractivity (Wildman–Crippen MR) is 106 cm³/mol. The van der Waals surface area contributed by atoms with Crippen LogP contribution in [-0.4, -0.2) is 59.3 Å². The van der Waals surface area contributed by atoms with Gasteiger partial charge >= 0.3 is 0 Å². The summed E-state index contributed by atoms with van der Waals surface area (Å²) in [5.41, 5.74) is 0.884. The number of fused-ring (bicyclic) bond motifs is 1. The van der Waals surface area contributed by atoms with Gasteiger partial charge in [-0.05, 0) is 32.6 Å². The van der Waals surface area contributed by atoms with E-state index in [1.165, 1.54) is 0 Å². The fraction of sp³-hybridized carbons (Fsp3) is 0.400. The summed E-state index contributed by atoms with van der Waals surface area (Å²) in [5.74, 6) is 2.43. The Hall–Kier alpha value is -2.64. The standard InChI is InChI=1S/C20H25N5O2/c1-24(2)11-15-8-16(26)12-25(15)20-9-19(22-13-23-20)21-10-17-7-14-5-3-4-6-18(14)27-17/h3-7,9,13,15-16,26H,8,10-12H2,1-2H3,(H,21,22,23)/t15-,16-/m1/s1. The molecule has 142 valence electrons. The third-order valence-corrected chi connectivity index (χ3v) is 4.84. The van der Waals surface area contributed by atoms with E-state index in [0.29, 0.717) is 13.1 Å². The second kappa shape index (κ2) is 7.54. The van der Waals surface area contributed by atoms with Gasteiger partial charge in [0.1, 0.15) is 29.3 Å². The lowest BCUT2D eigenvalue weighted by atomic mass is 10.2. The maximum Gasteiger partial charge on any atom is 0.134 e. The molecule has 1 aliphatic rings. The highest BCUT2D eigenvalue weighted by atomic mass is 16.3. The van der Waals surface area contributed by atoms with E-state index in [1.807, 2.05) is 50.5 Å². The highest BCUT2D eigenvalue weighted by molar-refractivity contribution is 5.77. The van der Waals surface area contributed by atoms with Crippen LogP contribution in [0.1, 0.15) is 12.2 Å². The number of aromatic nitrogens is 2. The van der Waals surface area contributed by atoms with E-state index in [4.69, 9.17) is 4.42 Å². The molecule has 0 spiro atoms. The molecule has 2 atom stereocenters. The molecule has 7 nitrogen and oxygen atoms in total. The third kappa shape index (κ3) is 4.04. The predicted octanol–water partition coefficient (Wildman–Crippen LogP) is 2.34. The highest BCUT2D eigenvalue weighted by Crippen LogP contribution is 2.26. The van der Waals surface area contributed by atoms with Gasteiger partial charge in [0.25, 0.3) is 0 Å². The molecular weight excluding hydrogens is 342 g/mol. The van der Waals surface area contributed by atoms with Gasteiger partial charge in [-0.15, -0.1) is 0 Å². The van der Waals surface area contributed by atoms with E-state index < -0.39 is 0 Å². The zero-order valence-corrected chi connectivity index (χ0v) is 15.7. The number of nitrogens with zero attached hydrogens (tertiary/aromatic N) is 4. The van der Waals surface area contributed by atoms with Crippen molar-refractivity contribution in [2.75, 3.05) is 37.4 Å². The van der Waals surface area contributed by atoms with Crippen molar-refractivity contribution >= 4 is 22.6 Å². The molecule has 1 fully saturated rings. The van der Waals surface area contributed by atoms with E-state index in [-0.39, 0.29) is 12.1 Å². The van der Waals surface area contributed by atoms with Crippen LogP contribution in [0.4, 0.5) is 11.6 Å². The average Bonchev–Trinajstić information content (AvgIpc) is 3.22. The SMILES string of the molecule is CN(C)C[C@H]1C[C@@H](O)CN1c1cc(NCc2cc3ccccc3o2)ncn1. The molecule has 1 aliphatic heterocycles. The average molecular weight is 367 g/mol. The summed E-state index contributed by atoms with van der Waals surface area (Å²) in [4.78, 5) is 13.0. The minimum atomic E-state index is -0.322. The number of benzene rings is 1. The second-order valence-electron chi connectivity index (χ2n) is 7.32. The maximum atomic E-state index is 10.1. The van der Waals surface area contributed by atoms with Crippen LogP contribution in [-0.2, 0) is 6.54 Å². The molecule has 3 aromatic rings. The zero-order chi connectivity index (χ0) is 18.8. The molecular formula is C20H25N5O2. The molecule has 0 aliphatic carbocycles. The molecule has 0 unspecified atom stereocenters. The molecule has 1 aromatic carbocycles. The van der Waals surface area contributed by atoms with Crippen molar-refractivity contribution in [2.24, 2.45) is 0 Å². The minimum absolute atomic E-state index is 0.244. The van der Waals surface area contributed by atoms with Crippen LogP contribution in [0.2, 0.25) is 0 Å². The van der Waals surface area contributed by atoms with Crippen LogP contribution in [0.3, 0.4) is 0 Å². The Bertz CT molecular complexity index is 877. The first-order valence-corrected chi connectivity index (χ1v) is 9.21. The van der Waals surface area contributed by atoms with Crippen molar-refractivity contribution < 1.29 is 9.52 Å². The topological polar surface area (TPSA) is 77.7 Å². The largest absolute Gasteiger partial charge is 0.459 e. The fourth-order valence-corrected chi connectivity index (χ4v) is 3.67. The first-order valence-electron chi connectivity index (χ1n) is 9.21. The van der Waals surface area contributed by atoms with Crippen LogP contribution in [0, 0.1) is 0 Å². The Balaban J connectivity index is 1.47. The Kier molecular flexibility index (Phi) is 4.96. The van der Waals surface area contributed by atoms with Gasteiger partial charge < -0.3 is 24.6 Å².